The molecule has 2 rings (SSSR count). The Kier molecular flexibility index (Phi) is 6.46. The van der Waals surface area contributed by atoms with Gasteiger partial charge in [0.1, 0.15) is 0 Å². The average molecular weight is 374 g/mol. The van der Waals surface area contributed by atoms with Gasteiger partial charge in [0.05, 0.1) is 18.7 Å². The van der Waals surface area contributed by atoms with Crippen LogP contribution in [0.3, 0.4) is 0 Å². The Hall–Kier alpha value is -1.34. The molecule has 0 bridgehead atoms. The second-order valence-corrected chi connectivity index (χ2v) is 6.73. The van der Waals surface area contributed by atoms with Crippen LogP contribution < -0.4 is 10.6 Å². The second-order valence-electron chi connectivity index (χ2n) is 5.89. The molecule has 0 unspecified atom stereocenters. The fourth-order valence-electron chi connectivity index (χ4n) is 2.94. The van der Waals surface area contributed by atoms with E-state index in [2.05, 4.69) is 10.6 Å². The van der Waals surface area contributed by atoms with E-state index in [0.29, 0.717) is 23.0 Å². The molecule has 3 amide bonds. The lowest BCUT2D eigenvalue weighted by Gasteiger charge is -2.27. The third kappa shape index (κ3) is 4.39. The number of rotatable bonds is 5. The fourth-order valence-corrected chi connectivity index (χ4v) is 3.52. The van der Waals surface area contributed by atoms with Gasteiger partial charge >= 0.3 is 6.03 Å². The Morgan fingerprint density at radius 3 is 2.75 bits per heavy atom. The Morgan fingerprint density at radius 1 is 1.38 bits per heavy atom. The van der Waals surface area contributed by atoms with Crippen LogP contribution in [0.4, 0.5) is 4.79 Å². The van der Waals surface area contributed by atoms with Crippen molar-refractivity contribution in [2.75, 3.05) is 20.1 Å². The number of aliphatic hydroxyl groups is 1. The molecule has 0 aromatic heterocycles. The average Bonchev–Trinajstić information content (AvgIpc) is 2.81. The molecule has 0 spiro atoms. The minimum atomic E-state index is -0.692. The number of aliphatic hydroxyl groups excluding tert-OH is 1. The van der Waals surface area contributed by atoms with E-state index in [9.17, 15) is 14.7 Å². The number of likely N-dealkylation sites (N-methyl/N-ethyl adjacent to an activating group) is 1. The molecule has 1 aromatic carbocycles. The Bertz CT molecular complexity index is 639. The molecule has 0 heterocycles. The first-order valence-corrected chi connectivity index (χ1v) is 8.52. The van der Waals surface area contributed by atoms with Crippen molar-refractivity contribution in [2.45, 2.75) is 31.9 Å². The first kappa shape index (κ1) is 19.0. The SMILES string of the molecule is CCCNC(=O)NC(=O)CN(C)[C@H]1c2cc(Cl)cc(Cl)c2C[C@@H]1O. The van der Waals surface area contributed by atoms with Crippen LogP contribution in [0.15, 0.2) is 12.1 Å². The van der Waals surface area contributed by atoms with Crippen LogP contribution in [0.1, 0.15) is 30.5 Å². The molecule has 132 valence electrons. The van der Waals surface area contributed by atoms with Crippen molar-refractivity contribution in [3.8, 4) is 0 Å². The molecule has 0 aliphatic heterocycles. The number of carbonyl (C=O) groups is 2. The van der Waals surface area contributed by atoms with Gasteiger partial charge < -0.3 is 10.4 Å². The standard InChI is InChI=1S/C16H21Cl2N3O3/c1-3-4-19-16(24)20-14(23)8-21(2)15-11-5-9(17)6-12(18)10(11)7-13(15)22/h5-6,13,15,22H,3-4,7-8H2,1-2H3,(H2,19,20,23,24)/t13-,15-/m0/s1. The Morgan fingerprint density at radius 2 is 2.08 bits per heavy atom. The van der Waals surface area contributed by atoms with E-state index in [4.69, 9.17) is 23.2 Å². The van der Waals surface area contributed by atoms with Crippen molar-refractivity contribution in [2.24, 2.45) is 0 Å². The number of hydrogen-bond acceptors (Lipinski definition) is 4. The van der Waals surface area contributed by atoms with E-state index in [1.54, 1.807) is 24.1 Å². The number of benzene rings is 1. The number of nitrogens with zero attached hydrogens (tertiary/aromatic N) is 1. The maximum atomic E-state index is 12.0. The summed E-state index contributed by atoms with van der Waals surface area (Å²) in [5.74, 6) is -0.445. The Balaban J connectivity index is 2.04. The summed E-state index contributed by atoms with van der Waals surface area (Å²) in [7, 11) is 1.71. The van der Waals surface area contributed by atoms with Crippen molar-refractivity contribution in [3.63, 3.8) is 0 Å². The van der Waals surface area contributed by atoms with Crippen molar-refractivity contribution in [1.29, 1.82) is 0 Å². The van der Waals surface area contributed by atoms with Crippen molar-refractivity contribution in [1.82, 2.24) is 15.5 Å². The highest BCUT2D eigenvalue weighted by atomic mass is 35.5. The molecule has 1 aliphatic rings. The zero-order valence-electron chi connectivity index (χ0n) is 13.6. The van der Waals surface area contributed by atoms with E-state index >= 15 is 0 Å². The van der Waals surface area contributed by atoms with Gasteiger partial charge in [-0.3, -0.25) is 15.0 Å². The van der Waals surface area contributed by atoms with Gasteiger partial charge in [0.25, 0.3) is 0 Å². The molecule has 3 N–H and O–H groups in total. The van der Waals surface area contributed by atoms with Gasteiger partial charge in [-0.25, -0.2) is 4.79 Å². The van der Waals surface area contributed by atoms with Crippen molar-refractivity contribution in [3.05, 3.63) is 33.3 Å². The molecule has 1 aliphatic carbocycles. The first-order chi connectivity index (χ1) is 11.3. The maximum absolute atomic E-state index is 12.0. The highest BCUT2D eigenvalue weighted by Gasteiger charge is 2.36. The first-order valence-electron chi connectivity index (χ1n) is 7.77. The van der Waals surface area contributed by atoms with Crippen molar-refractivity contribution >= 4 is 35.1 Å². The zero-order valence-corrected chi connectivity index (χ0v) is 15.1. The van der Waals surface area contributed by atoms with Gasteiger partial charge in [-0.15, -0.1) is 0 Å². The van der Waals surface area contributed by atoms with E-state index in [-0.39, 0.29) is 6.54 Å². The third-order valence-corrected chi connectivity index (χ3v) is 4.50. The van der Waals surface area contributed by atoms with Gasteiger partial charge in [-0.05, 0) is 36.7 Å². The predicted octanol–water partition coefficient (Wildman–Crippen LogP) is 2.12. The van der Waals surface area contributed by atoms with Crippen LogP contribution in [-0.4, -0.2) is 48.2 Å². The molecule has 2 atom stereocenters. The largest absolute Gasteiger partial charge is 0.391 e. The van der Waals surface area contributed by atoms with Crippen LogP contribution in [0, 0.1) is 0 Å². The van der Waals surface area contributed by atoms with Crippen LogP contribution in [-0.2, 0) is 11.2 Å². The van der Waals surface area contributed by atoms with E-state index in [0.717, 1.165) is 17.5 Å². The lowest BCUT2D eigenvalue weighted by Crippen LogP contribution is -2.45. The lowest BCUT2D eigenvalue weighted by atomic mass is 10.1. The summed E-state index contributed by atoms with van der Waals surface area (Å²) < 4.78 is 0. The van der Waals surface area contributed by atoms with Gasteiger partial charge in [0, 0.05) is 23.0 Å². The van der Waals surface area contributed by atoms with Gasteiger partial charge in [0.15, 0.2) is 0 Å². The number of nitrogens with one attached hydrogen (secondary N) is 2. The van der Waals surface area contributed by atoms with Crippen LogP contribution in [0.5, 0.6) is 0 Å². The zero-order chi connectivity index (χ0) is 17.9. The third-order valence-electron chi connectivity index (χ3n) is 3.95. The smallest absolute Gasteiger partial charge is 0.321 e. The quantitative estimate of drug-likeness (QED) is 0.738. The van der Waals surface area contributed by atoms with Gasteiger partial charge in [0.2, 0.25) is 5.91 Å². The molecule has 0 radical (unpaired) electrons. The summed E-state index contributed by atoms with van der Waals surface area (Å²) in [5, 5.41) is 16.2. The summed E-state index contributed by atoms with van der Waals surface area (Å²) in [5.41, 5.74) is 1.65. The number of carbonyl (C=O) groups excluding carboxylic acids is 2. The van der Waals surface area contributed by atoms with Crippen LogP contribution in [0.2, 0.25) is 10.0 Å². The summed E-state index contributed by atoms with van der Waals surface area (Å²) in [4.78, 5) is 25.2. The topological polar surface area (TPSA) is 81.7 Å². The summed E-state index contributed by atoms with van der Waals surface area (Å²) in [6, 6.07) is 2.47. The molecule has 24 heavy (non-hydrogen) atoms. The number of amides is 3. The molecule has 0 saturated heterocycles. The molecule has 0 fully saturated rings. The number of imide groups is 1. The minimum absolute atomic E-state index is 0.0369. The molecular formula is C16H21Cl2N3O3. The summed E-state index contributed by atoms with van der Waals surface area (Å²) >= 11 is 12.2. The van der Waals surface area contributed by atoms with Crippen molar-refractivity contribution < 1.29 is 14.7 Å². The normalized spacial score (nSPS) is 19.2. The molecular weight excluding hydrogens is 353 g/mol. The van der Waals surface area contributed by atoms with Gasteiger partial charge in [-0.2, -0.15) is 0 Å². The maximum Gasteiger partial charge on any atom is 0.321 e. The van der Waals surface area contributed by atoms with Gasteiger partial charge in [-0.1, -0.05) is 30.1 Å². The number of urea groups is 1. The second kappa shape index (κ2) is 8.16. The van der Waals surface area contributed by atoms with Crippen LogP contribution in [0.25, 0.3) is 0 Å². The Labute approximate surface area is 151 Å². The molecule has 0 saturated carbocycles. The predicted molar refractivity (Wildman–Crippen MR) is 93.4 cm³/mol. The molecule has 1 aromatic rings. The van der Waals surface area contributed by atoms with Crippen LogP contribution >= 0.6 is 23.2 Å². The number of hydrogen-bond donors (Lipinski definition) is 3. The number of fused-ring (bicyclic) bond motifs is 1. The molecule has 8 heteroatoms. The fraction of sp³-hybridized carbons (Fsp3) is 0.500. The highest BCUT2D eigenvalue weighted by Crippen LogP contribution is 2.40. The summed E-state index contributed by atoms with van der Waals surface area (Å²) in [6.07, 6.45) is 0.496. The monoisotopic (exact) mass is 373 g/mol. The van der Waals surface area contributed by atoms with E-state index < -0.39 is 24.1 Å². The number of halogens is 2. The van der Waals surface area contributed by atoms with E-state index in [1.807, 2.05) is 6.92 Å². The lowest BCUT2D eigenvalue weighted by molar-refractivity contribution is -0.121. The molecule has 6 nitrogen and oxygen atoms in total. The highest BCUT2D eigenvalue weighted by molar-refractivity contribution is 6.35. The summed E-state index contributed by atoms with van der Waals surface area (Å²) in [6.45, 7) is 2.39. The minimum Gasteiger partial charge on any atom is -0.391 e. The van der Waals surface area contributed by atoms with E-state index in [1.165, 1.54) is 0 Å².